The Labute approximate surface area is 102 Å². The average Bonchev–Trinajstić information content (AvgIpc) is 2.34. The van der Waals surface area contributed by atoms with Crippen molar-refractivity contribution in [3.63, 3.8) is 0 Å². The maximum absolute atomic E-state index is 6.05. The molecule has 0 heterocycles. The van der Waals surface area contributed by atoms with Gasteiger partial charge in [0.05, 0.1) is 26.4 Å². The number of ether oxygens (including phenoxy) is 3. The molecule has 92 valence electrons. The van der Waals surface area contributed by atoms with Crippen LogP contribution in [0.1, 0.15) is 19.4 Å². The number of halogens is 1. The van der Waals surface area contributed by atoms with Crippen LogP contribution in [-0.2, 0) is 0 Å². The van der Waals surface area contributed by atoms with Gasteiger partial charge in [-0.25, -0.2) is 0 Å². The van der Waals surface area contributed by atoms with Gasteiger partial charge >= 0.3 is 0 Å². The molecule has 3 nitrogen and oxygen atoms in total. The summed E-state index contributed by atoms with van der Waals surface area (Å²) in [4.78, 5) is 0. The summed E-state index contributed by atoms with van der Waals surface area (Å²) in [6, 6.07) is 1.81. The lowest BCUT2D eigenvalue weighted by Crippen LogP contribution is -1.96. The third-order valence-electron chi connectivity index (χ3n) is 1.95. The Morgan fingerprint density at radius 3 is 1.81 bits per heavy atom. The van der Waals surface area contributed by atoms with E-state index < -0.39 is 0 Å². The highest BCUT2D eigenvalue weighted by Gasteiger charge is 2.16. The van der Waals surface area contributed by atoms with Crippen LogP contribution in [-0.4, -0.2) is 21.3 Å². The predicted molar refractivity (Wildman–Crippen MR) is 67.2 cm³/mol. The average molecular weight is 247 g/mol. The normalized spacial score (nSPS) is 8.94. The summed E-state index contributed by atoms with van der Waals surface area (Å²) >= 11 is 6.05. The molecule has 0 bridgehead atoms. The Kier molecular flexibility index (Phi) is 6.74. The minimum atomic E-state index is 0.506. The Balaban J connectivity index is 0.00000106. The minimum absolute atomic E-state index is 0.506. The first-order valence-electron chi connectivity index (χ1n) is 5.10. The molecule has 0 fully saturated rings. The molecule has 0 atom stereocenters. The van der Waals surface area contributed by atoms with E-state index in [-0.39, 0.29) is 0 Å². The topological polar surface area (TPSA) is 27.7 Å². The first kappa shape index (κ1) is 14.9. The van der Waals surface area contributed by atoms with E-state index in [2.05, 4.69) is 0 Å². The molecule has 1 rings (SSSR count). The lowest BCUT2D eigenvalue weighted by atomic mass is 10.2. The van der Waals surface area contributed by atoms with Gasteiger partial charge in [0.2, 0.25) is 5.75 Å². The van der Waals surface area contributed by atoms with Crippen molar-refractivity contribution in [3.05, 3.63) is 16.7 Å². The minimum Gasteiger partial charge on any atom is -0.493 e. The fourth-order valence-corrected chi connectivity index (χ4v) is 1.46. The second-order valence-corrected chi connectivity index (χ2v) is 3.15. The van der Waals surface area contributed by atoms with Crippen LogP contribution in [0.25, 0.3) is 0 Å². The number of hydrogen-bond donors (Lipinski definition) is 0. The summed E-state index contributed by atoms with van der Waals surface area (Å²) < 4.78 is 15.5. The fourth-order valence-electron chi connectivity index (χ4n) is 1.24. The van der Waals surface area contributed by atoms with Gasteiger partial charge in [-0.05, 0) is 18.6 Å². The summed E-state index contributed by atoms with van der Waals surface area (Å²) in [5, 5.41) is 0.546. The summed E-state index contributed by atoms with van der Waals surface area (Å²) in [6.45, 7) is 5.88. The molecular formula is C12H19ClO3. The van der Waals surface area contributed by atoms with Crippen molar-refractivity contribution in [1.29, 1.82) is 0 Å². The van der Waals surface area contributed by atoms with Crippen LogP contribution in [0.15, 0.2) is 6.07 Å². The quantitative estimate of drug-likeness (QED) is 0.814. The van der Waals surface area contributed by atoms with Crippen LogP contribution in [0.3, 0.4) is 0 Å². The van der Waals surface area contributed by atoms with E-state index in [9.17, 15) is 0 Å². The van der Waals surface area contributed by atoms with E-state index >= 15 is 0 Å². The molecular weight excluding hydrogens is 228 g/mol. The van der Waals surface area contributed by atoms with Crippen molar-refractivity contribution in [2.75, 3.05) is 21.3 Å². The maximum atomic E-state index is 6.05. The molecule has 0 saturated carbocycles. The Bertz CT molecular complexity index is 338. The lowest BCUT2D eigenvalue weighted by molar-refractivity contribution is 0.324. The molecule has 0 amide bonds. The van der Waals surface area contributed by atoms with Crippen molar-refractivity contribution < 1.29 is 14.2 Å². The van der Waals surface area contributed by atoms with Gasteiger partial charge in [0, 0.05) is 0 Å². The number of methoxy groups -OCH3 is 3. The van der Waals surface area contributed by atoms with E-state index in [0.29, 0.717) is 22.3 Å². The number of rotatable bonds is 3. The molecule has 0 aromatic heterocycles. The van der Waals surface area contributed by atoms with Gasteiger partial charge < -0.3 is 14.2 Å². The molecule has 0 aliphatic rings. The molecule has 0 radical (unpaired) electrons. The van der Waals surface area contributed by atoms with Crippen LogP contribution in [0, 0.1) is 6.92 Å². The molecule has 4 heteroatoms. The van der Waals surface area contributed by atoms with Gasteiger partial charge in [-0.1, -0.05) is 25.4 Å². The van der Waals surface area contributed by atoms with Crippen molar-refractivity contribution in [2.45, 2.75) is 20.8 Å². The molecule has 1 aromatic carbocycles. The number of hydrogen-bond acceptors (Lipinski definition) is 3. The summed E-state index contributed by atoms with van der Waals surface area (Å²) in [5.41, 5.74) is 0.890. The molecule has 0 unspecified atom stereocenters. The highest BCUT2D eigenvalue weighted by molar-refractivity contribution is 6.33. The highest BCUT2D eigenvalue weighted by Crippen LogP contribution is 2.44. The fraction of sp³-hybridized carbons (Fsp3) is 0.500. The standard InChI is InChI=1S/C10H13ClO3.C2H6/c1-6-5-7(12-2)9(13-3)10(14-4)8(6)11;1-2/h5H,1-4H3;1-2H3. The first-order valence-corrected chi connectivity index (χ1v) is 5.48. The van der Waals surface area contributed by atoms with Gasteiger partial charge in [0.15, 0.2) is 11.5 Å². The van der Waals surface area contributed by atoms with Gasteiger partial charge in [0.1, 0.15) is 0 Å². The largest absolute Gasteiger partial charge is 0.493 e. The number of benzene rings is 1. The van der Waals surface area contributed by atoms with E-state index in [4.69, 9.17) is 25.8 Å². The first-order chi connectivity index (χ1) is 7.65. The lowest BCUT2D eigenvalue weighted by Gasteiger charge is -2.14. The van der Waals surface area contributed by atoms with E-state index in [0.717, 1.165) is 5.56 Å². The molecule has 0 aliphatic heterocycles. The molecule has 0 N–H and O–H groups in total. The van der Waals surface area contributed by atoms with E-state index in [1.54, 1.807) is 21.3 Å². The summed E-state index contributed by atoms with van der Waals surface area (Å²) in [6.07, 6.45) is 0. The number of aryl methyl sites for hydroxylation is 1. The van der Waals surface area contributed by atoms with Crippen LogP contribution in [0.5, 0.6) is 17.2 Å². The third kappa shape index (κ3) is 2.95. The van der Waals surface area contributed by atoms with Crippen LogP contribution in [0.4, 0.5) is 0 Å². The van der Waals surface area contributed by atoms with E-state index in [1.165, 1.54) is 0 Å². The Hall–Kier alpha value is -1.09. The zero-order valence-corrected chi connectivity index (χ0v) is 11.4. The van der Waals surface area contributed by atoms with Gasteiger partial charge in [-0.15, -0.1) is 0 Å². The molecule has 0 saturated heterocycles. The summed E-state index contributed by atoms with van der Waals surface area (Å²) in [7, 11) is 4.67. The molecule has 16 heavy (non-hydrogen) atoms. The second-order valence-electron chi connectivity index (χ2n) is 2.78. The predicted octanol–water partition coefficient (Wildman–Crippen LogP) is 3.70. The Morgan fingerprint density at radius 2 is 1.44 bits per heavy atom. The van der Waals surface area contributed by atoms with Gasteiger partial charge in [0.25, 0.3) is 0 Å². The molecule has 0 aliphatic carbocycles. The zero-order chi connectivity index (χ0) is 12.7. The Morgan fingerprint density at radius 1 is 0.938 bits per heavy atom. The van der Waals surface area contributed by atoms with Gasteiger partial charge in [-0.3, -0.25) is 0 Å². The van der Waals surface area contributed by atoms with Crippen molar-refractivity contribution >= 4 is 11.6 Å². The zero-order valence-electron chi connectivity index (χ0n) is 10.7. The molecule has 1 aromatic rings. The smallest absolute Gasteiger partial charge is 0.204 e. The molecule has 0 spiro atoms. The van der Waals surface area contributed by atoms with Crippen molar-refractivity contribution in [2.24, 2.45) is 0 Å². The monoisotopic (exact) mass is 246 g/mol. The van der Waals surface area contributed by atoms with Crippen LogP contribution in [0.2, 0.25) is 5.02 Å². The van der Waals surface area contributed by atoms with Crippen molar-refractivity contribution in [1.82, 2.24) is 0 Å². The van der Waals surface area contributed by atoms with Gasteiger partial charge in [-0.2, -0.15) is 0 Å². The second kappa shape index (κ2) is 7.23. The van der Waals surface area contributed by atoms with E-state index in [1.807, 2.05) is 26.8 Å². The van der Waals surface area contributed by atoms with Crippen LogP contribution < -0.4 is 14.2 Å². The third-order valence-corrected chi connectivity index (χ3v) is 2.42. The highest BCUT2D eigenvalue weighted by atomic mass is 35.5. The van der Waals surface area contributed by atoms with Crippen LogP contribution >= 0.6 is 11.6 Å². The summed E-state index contributed by atoms with van der Waals surface area (Å²) in [5.74, 6) is 1.64. The van der Waals surface area contributed by atoms with Crippen molar-refractivity contribution in [3.8, 4) is 17.2 Å². The SMILES string of the molecule is CC.COc1cc(C)c(Cl)c(OC)c1OC. The maximum Gasteiger partial charge on any atom is 0.204 e.